The van der Waals surface area contributed by atoms with Crippen LogP contribution >= 0.6 is 0 Å². The monoisotopic (exact) mass is 336 g/mol. The molecule has 1 aromatic heterocycles. The minimum Gasteiger partial charge on any atom is -0.467 e. The fraction of sp³-hybridized carbons (Fsp3) is 0.667. The van der Waals surface area contributed by atoms with Gasteiger partial charge in [-0.15, -0.1) is 0 Å². The predicted molar refractivity (Wildman–Crippen MR) is 90.2 cm³/mol. The highest BCUT2D eigenvalue weighted by molar-refractivity contribution is 5.85. The second kappa shape index (κ2) is 8.87. The largest absolute Gasteiger partial charge is 0.467 e. The Bertz CT molecular complexity index is 521. The Labute approximate surface area is 143 Å². The van der Waals surface area contributed by atoms with Crippen molar-refractivity contribution in [1.29, 1.82) is 0 Å². The van der Waals surface area contributed by atoms with Gasteiger partial charge in [-0.1, -0.05) is 6.92 Å². The molecule has 134 valence electrons. The molecule has 0 bridgehead atoms. The lowest BCUT2D eigenvalue weighted by molar-refractivity contribution is -0.143. The Morgan fingerprint density at radius 3 is 2.67 bits per heavy atom. The Kier molecular flexibility index (Phi) is 6.85. The first-order valence-electron chi connectivity index (χ1n) is 8.72. The number of ether oxygens (including phenoxy) is 1. The highest BCUT2D eigenvalue weighted by atomic mass is 16.5. The summed E-state index contributed by atoms with van der Waals surface area (Å²) in [5.41, 5.74) is 0. The van der Waals surface area contributed by atoms with Crippen molar-refractivity contribution < 1.29 is 18.7 Å². The van der Waals surface area contributed by atoms with Crippen molar-refractivity contribution in [3.63, 3.8) is 0 Å². The summed E-state index contributed by atoms with van der Waals surface area (Å²) in [5, 5.41) is 0. The third-order valence-corrected chi connectivity index (χ3v) is 4.28. The first-order valence-corrected chi connectivity index (χ1v) is 8.72. The van der Waals surface area contributed by atoms with Crippen LogP contribution in [0.25, 0.3) is 0 Å². The van der Waals surface area contributed by atoms with Crippen LogP contribution in [0, 0.1) is 0 Å². The molecule has 2 amide bonds. The van der Waals surface area contributed by atoms with E-state index in [0.717, 1.165) is 25.2 Å². The smallest absolute Gasteiger partial charge is 0.242 e. The molecular formula is C18H28N2O4. The van der Waals surface area contributed by atoms with Gasteiger partial charge in [-0.05, 0) is 38.8 Å². The molecule has 2 rings (SSSR count). The van der Waals surface area contributed by atoms with Crippen LogP contribution in [-0.4, -0.2) is 53.5 Å². The summed E-state index contributed by atoms with van der Waals surface area (Å²) in [6.45, 7) is 7.45. The molecule has 6 nitrogen and oxygen atoms in total. The van der Waals surface area contributed by atoms with E-state index in [2.05, 4.69) is 0 Å². The molecule has 0 N–H and O–H groups in total. The van der Waals surface area contributed by atoms with Crippen molar-refractivity contribution in [3.05, 3.63) is 24.2 Å². The molecule has 6 heteroatoms. The molecule has 0 aliphatic carbocycles. The lowest BCUT2D eigenvalue weighted by atomic mass is 10.2. The lowest BCUT2D eigenvalue weighted by Crippen LogP contribution is -2.47. The third kappa shape index (κ3) is 5.09. The molecule has 0 aromatic carbocycles. The second-order valence-corrected chi connectivity index (χ2v) is 6.46. The molecule has 1 aromatic rings. The van der Waals surface area contributed by atoms with E-state index < -0.39 is 0 Å². The number of hydrogen-bond acceptors (Lipinski definition) is 4. The van der Waals surface area contributed by atoms with E-state index in [1.54, 1.807) is 16.1 Å². The summed E-state index contributed by atoms with van der Waals surface area (Å²) in [6, 6.07) is 3.66. The van der Waals surface area contributed by atoms with Crippen LogP contribution in [0.5, 0.6) is 0 Å². The number of carbonyl (C=O) groups is 2. The van der Waals surface area contributed by atoms with Crippen LogP contribution in [0.3, 0.4) is 0 Å². The van der Waals surface area contributed by atoms with Gasteiger partial charge in [0.2, 0.25) is 11.8 Å². The standard InChI is InChI=1S/C18H28N2O4/c1-4-17(21)20(14(2)3)13-18(22)19(11-15-7-5-9-23-15)12-16-8-6-10-24-16/h5,7,9,14,16H,4,6,8,10-13H2,1-3H3/t16-/m0/s1. The van der Waals surface area contributed by atoms with E-state index in [1.165, 1.54) is 0 Å². The van der Waals surface area contributed by atoms with E-state index in [0.29, 0.717) is 19.5 Å². The molecule has 1 aliphatic heterocycles. The average molecular weight is 336 g/mol. The van der Waals surface area contributed by atoms with Crippen LogP contribution in [0.4, 0.5) is 0 Å². The first kappa shape index (κ1) is 18.5. The summed E-state index contributed by atoms with van der Waals surface area (Å²) in [5.74, 6) is 0.657. The number of hydrogen-bond donors (Lipinski definition) is 0. The van der Waals surface area contributed by atoms with E-state index in [9.17, 15) is 9.59 Å². The number of amides is 2. The van der Waals surface area contributed by atoms with Crippen LogP contribution in [0.15, 0.2) is 22.8 Å². The van der Waals surface area contributed by atoms with Crippen molar-refractivity contribution in [1.82, 2.24) is 9.80 Å². The normalized spacial score (nSPS) is 17.2. The number of nitrogens with zero attached hydrogens (tertiary/aromatic N) is 2. The van der Waals surface area contributed by atoms with Gasteiger partial charge in [-0.25, -0.2) is 0 Å². The molecule has 1 aliphatic rings. The Hall–Kier alpha value is -1.82. The van der Waals surface area contributed by atoms with Gasteiger partial charge in [0.25, 0.3) is 0 Å². The molecule has 1 saturated heterocycles. The van der Waals surface area contributed by atoms with E-state index in [-0.39, 0.29) is 30.5 Å². The van der Waals surface area contributed by atoms with Gasteiger partial charge < -0.3 is 19.0 Å². The summed E-state index contributed by atoms with van der Waals surface area (Å²) in [6.07, 6.45) is 4.06. The first-order chi connectivity index (χ1) is 11.5. The fourth-order valence-corrected chi connectivity index (χ4v) is 2.89. The molecule has 0 saturated carbocycles. The van der Waals surface area contributed by atoms with E-state index >= 15 is 0 Å². The number of rotatable bonds is 8. The summed E-state index contributed by atoms with van der Waals surface area (Å²) in [7, 11) is 0. The van der Waals surface area contributed by atoms with Crippen molar-refractivity contribution >= 4 is 11.8 Å². The van der Waals surface area contributed by atoms with Gasteiger partial charge in [0.1, 0.15) is 5.76 Å². The van der Waals surface area contributed by atoms with Gasteiger partial charge in [0.05, 0.1) is 25.5 Å². The van der Waals surface area contributed by atoms with Crippen molar-refractivity contribution in [2.75, 3.05) is 19.7 Å². The zero-order valence-electron chi connectivity index (χ0n) is 14.9. The minimum absolute atomic E-state index is 0.00501. The Morgan fingerprint density at radius 1 is 1.33 bits per heavy atom. The molecule has 0 radical (unpaired) electrons. The fourth-order valence-electron chi connectivity index (χ4n) is 2.89. The van der Waals surface area contributed by atoms with Gasteiger partial charge >= 0.3 is 0 Å². The van der Waals surface area contributed by atoms with Crippen LogP contribution < -0.4 is 0 Å². The summed E-state index contributed by atoms with van der Waals surface area (Å²) >= 11 is 0. The molecule has 1 atom stereocenters. The summed E-state index contributed by atoms with van der Waals surface area (Å²) in [4.78, 5) is 28.3. The van der Waals surface area contributed by atoms with Gasteiger partial charge in [0.15, 0.2) is 0 Å². The predicted octanol–water partition coefficient (Wildman–Crippen LogP) is 2.43. The number of furan rings is 1. The van der Waals surface area contributed by atoms with E-state index in [1.807, 2.05) is 32.9 Å². The SMILES string of the molecule is CCC(=O)N(CC(=O)N(Cc1ccco1)C[C@@H]1CCCO1)C(C)C. The third-order valence-electron chi connectivity index (χ3n) is 4.28. The highest BCUT2D eigenvalue weighted by Gasteiger charge is 2.26. The second-order valence-electron chi connectivity index (χ2n) is 6.46. The molecule has 1 fully saturated rings. The van der Waals surface area contributed by atoms with Gasteiger partial charge in [-0.2, -0.15) is 0 Å². The zero-order chi connectivity index (χ0) is 17.5. The summed E-state index contributed by atoms with van der Waals surface area (Å²) < 4.78 is 11.1. The maximum absolute atomic E-state index is 12.8. The van der Waals surface area contributed by atoms with Crippen molar-refractivity contribution in [3.8, 4) is 0 Å². The quantitative estimate of drug-likeness (QED) is 0.731. The lowest BCUT2D eigenvalue weighted by Gasteiger charge is -2.30. The molecule has 0 unspecified atom stereocenters. The maximum Gasteiger partial charge on any atom is 0.242 e. The van der Waals surface area contributed by atoms with Crippen LogP contribution in [0.2, 0.25) is 0 Å². The van der Waals surface area contributed by atoms with Gasteiger partial charge in [0, 0.05) is 25.6 Å². The maximum atomic E-state index is 12.8. The van der Waals surface area contributed by atoms with Crippen LogP contribution in [-0.2, 0) is 20.9 Å². The van der Waals surface area contributed by atoms with Crippen molar-refractivity contribution in [2.45, 2.75) is 58.7 Å². The van der Waals surface area contributed by atoms with Crippen LogP contribution in [0.1, 0.15) is 45.8 Å². The van der Waals surface area contributed by atoms with Gasteiger partial charge in [-0.3, -0.25) is 9.59 Å². The minimum atomic E-state index is -0.0719. The molecule has 24 heavy (non-hydrogen) atoms. The molecule has 0 spiro atoms. The Balaban J connectivity index is 2.05. The highest BCUT2D eigenvalue weighted by Crippen LogP contribution is 2.16. The number of carbonyl (C=O) groups excluding carboxylic acids is 2. The molecular weight excluding hydrogens is 308 g/mol. The van der Waals surface area contributed by atoms with E-state index in [4.69, 9.17) is 9.15 Å². The topological polar surface area (TPSA) is 63.0 Å². The Morgan fingerprint density at radius 2 is 2.12 bits per heavy atom. The average Bonchev–Trinajstić information content (AvgIpc) is 3.24. The molecule has 2 heterocycles. The van der Waals surface area contributed by atoms with Crippen molar-refractivity contribution in [2.24, 2.45) is 0 Å². The zero-order valence-corrected chi connectivity index (χ0v) is 14.9.